The van der Waals surface area contributed by atoms with E-state index in [1.807, 2.05) is 42.7 Å². The number of nitrogens with one attached hydrogen (secondary N) is 2. The van der Waals surface area contributed by atoms with Crippen LogP contribution in [-0.2, 0) is 21.6 Å². The number of aromatic nitrogens is 1. The van der Waals surface area contributed by atoms with E-state index < -0.39 is 43.0 Å². The molecule has 2 aromatic carbocycles. The Kier molecular flexibility index (Phi) is 15.4. The zero-order chi connectivity index (χ0) is 38.7. The van der Waals surface area contributed by atoms with E-state index in [9.17, 15) is 30.0 Å². The van der Waals surface area contributed by atoms with Gasteiger partial charge < -0.3 is 50.5 Å². The Balaban J connectivity index is 1.16. The summed E-state index contributed by atoms with van der Waals surface area (Å²) in [5.41, 5.74) is 4.07. The molecule has 13 nitrogen and oxygen atoms in total. The fourth-order valence-electron chi connectivity index (χ4n) is 6.13. The van der Waals surface area contributed by atoms with Crippen LogP contribution < -0.4 is 15.4 Å². The van der Waals surface area contributed by atoms with Crippen molar-refractivity contribution in [2.75, 3.05) is 38.6 Å². The number of carbonyl (C=O) groups excluding carboxylic acids is 2. The molecule has 4 atom stereocenters. The first-order chi connectivity index (χ1) is 26.1. The molecule has 1 heterocycles. The molecule has 0 aliphatic heterocycles. The smallest absolute Gasteiger partial charge is 0.407 e. The zero-order valence-electron chi connectivity index (χ0n) is 30.4. The number of rotatable bonds is 22. The van der Waals surface area contributed by atoms with Crippen molar-refractivity contribution < 1.29 is 44.6 Å². The van der Waals surface area contributed by atoms with Crippen LogP contribution in [0.4, 0.5) is 4.79 Å². The number of hydrogen-bond donors (Lipinski definition) is 7. The molecule has 1 aromatic heterocycles. The number of amides is 2. The number of carbonyl (C=O) groups is 2. The van der Waals surface area contributed by atoms with E-state index in [0.29, 0.717) is 24.4 Å². The summed E-state index contributed by atoms with van der Waals surface area (Å²) in [6, 6.07) is 16.2. The van der Waals surface area contributed by atoms with Gasteiger partial charge in [0.1, 0.15) is 24.1 Å². The highest BCUT2D eigenvalue weighted by Gasteiger charge is 2.46. The molecule has 0 spiro atoms. The molecule has 54 heavy (non-hydrogen) atoms. The first-order valence-electron chi connectivity index (χ1n) is 18.5. The van der Waals surface area contributed by atoms with Crippen LogP contribution in [0.25, 0.3) is 11.1 Å². The minimum absolute atomic E-state index is 0.00352. The van der Waals surface area contributed by atoms with Crippen LogP contribution in [0.2, 0.25) is 5.02 Å². The van der Waals surface area contributed by atoms with Crippen LogP contribution >= 0.6 is 23.4 Å². The molecule has 0 bridgehead atoms. The SMILES string of the molecule is CCOC(=O)NCCN(CCCCSc1ccc(Cl)c(CNC2(c3cnccc3-c3ccccc3OC3CC3)CC2)c1)C(=O)[C@@H](O)[C@@H](O)[C@H](O)[C@@H](O)CO. The molecular weight excluding hydrogens is 736 g/mol. The fourth-order valence-corrected chi connectivity index (χ4v) is 7.29. The van der Waals surface area contributed by atoms with Crippen LogP contribution in [0.3, 0.4) is 0 Å². The summed E-state index contributed by atoms with van der Waals surface area (Å²) in [4.78, 5) is 31.7. The number of unbranched alkanes of at least 4 members (excludes halogenated alkanes) is 1. The van der Waals surface area contributed by atoms with E-state index in [1.165, 1.54) is 4.90 Å². The standard InChI is InChI=1S/C39H51ClN4O9S/c1-2-52-38(51)42-17-19-44(37(50)36(49)35(48)34(47)32(46)24-45)18-5-6-20-54-27-11-12-31(40)25(21-27)22-43-39(14-15-39)30-23-41-16-13-28(30)29-7-3-4-8-33(29)53-26-9-10-26/h3-4,7-8,11-13,16,21,23,26,32,34-36,43,45-49H,2,5-6,9-10,14-15,17-20,22,24H2,1H3,(H,42,51)/t32-,34+,35-,36-/m0/s1. The number of thioether (sulfide) groups is 1. The molecule has 0 unspecified atom stereocenters. The maximum Gasteiger partial charge on any atom is 0.407 e. The molecule has 0 radical (unpaired) electrons. The van der Waals surface area contributed by atoms with Gasteiger partial charge in [-0.1, -0.05) is 29.8 Å². The lowest BCUT2D eigenvalue weighted by molar-refractivity contribution is -0.158. The van der Waals surface area contributed by atoms with Gasteiger partial charge in [-0.2, -0.15) is 0 Å². The van der Waals surface area contributed by atoms with Gasteiger partial charge in [-0.15, -0.1) is 11.8 Å². The van der Waals surface area contributed by atoms with Gasteiger partial charge in [0.15, 0.2) is 6.10 Å². The van der Waals surface area contributed by atoms with Gasteiger partial charge in [0.2, 0.25) is 0 Å². The maximum absolute atomic E-state index is 13.1. The predicted molar refractivity (Wildman–Crippen MR) is 205 cm³/mol. The van der Waals surface area contributed by atoms with E-state index in [1.54, 1.807) is 18.7 Å². The third-order valence-electron chi connectivity index (χ3n) is 9.55. The molecule has 5 rings (SSSR count). The first-order valence-corrected chi connectivity index (χ1v) is 19.8. The van der Waals surface area contributed by atoms with Gasteiger partial charge in [-0.3, -0.25) is 9.78 Å². The average molecular weight is 787 g/mol. The fraction of sp³-hybridized carbons (Fsp3) is 0.513. The Labute approximate surface area is 325 Å². The lowest BCUT2D eigenvalue weighted by Crippen LogP contribution is -2.53. The van der Waals surface area contributed by atoms with Crippen molar-refractivity contribution in [1.82, 2.24) is 20.5 Å². The van der Waals surface area contributed by atoms with E-state index in [-0.39, 0.29) is 37.9 Å². The van der Waals surface area contributed by atoms with Crippen molar-refractivity contribution >= 4 is 35.4 Å². The number of benzene rings is 2. The molecule has 2 saturated carbocycles. The van der Waals surface area contributed by atoms with Crippen molar-refractivity contribution in [2.24, 2.45) is 0 Å². The highest BCUT2D eigenvalue weighted by atomic mass is 35.5. The van der Waals surface area contributed by atoms with Gasteiger partial charge in [0.05, 0.1) is 19.3 Å². The third kappa shape index (κ3) is 11.3. The normalized spacial score (nSPS) is 16.9. The van der Waals surface area contributed by atoms with Gasteiger partial charge in [-0.25, -0.2) is 4.79 Å². The summed E-state index contributed by atoms with van der Waals surface area (Å²) in [7, 11) is 0. The molecule has 2 aliphatic rings. The first kappa shape index (κ1) is 41.7. The molecule has 2 aliphatic carbocycles. The van der Waals surface area contributed by atoms with Crippen molar-refractivity contribution in [3.63, 3.8) is 0 Å². The quantitative estimate of drug-likeness (QED) is 0.0579. The topological polar surface area (TPSA) is 194 Å². The molecule has 0 saturated heterocycles. The monoisotopic (exact) mass is 786 g/mol. The van der Waals surface area contributed by atoms with Crippen molar-refractivity contribution in [2.45, 2.75) is 92.9 Å². The average Bonchev–Trinajstić information content (AvgIpc) is 4.14. The second-order valence-electron chi connectivity index (χ2n) is 13.6. The third-order valence-corrected chi connectivity index (χ3v) is 11.0. The second-order valence-corrected chi connectivity index (χ2v) is 15.2. The van der Waals surface area contributed by atoms with Gasteiger partial charge in [0, 0.05) is 59.6 Å². The van der Waals surface area contributed by atoms with E-state index >= 15 is 0 Å². The summed E-state index contributed by atoms with van der Waals surface area (Å²) in [5, 5.41) is 56.5. The summed E-state index contributed by atoms with van der Waals surface area (Å²) >= 11 is 8.33. The van der Waals surface area contributed by atoms with Crippen LogP contribution in [0.5, 0.6) is 5.75 Å². The Bertz CT molecular complexity index is 1700. The van der Waals surface area contributed by atoms with E-state index in [2.05, 4.69) is 33.8 Å². The van der Waals surface area contributed by atoms with Crippen LogP contribution in [0.1, 0.15) is 56.6 Å². The number of aliphatic hydroxyl groups excluding tert-OH is 5. The summed E-state index contributed by atoms with van der Waals surface area (Å²) in [5.74, 6) is 0.727. The number of ether oxygens (including phenoxy) is 2. The maximum atomic E-state index is 13.1. The lowest BCUT2D eigenvalue weighted by atomic mass is 9.94. The van der Waals surface area contributed by atoms with Gasteiger partial charge >= 0.3 is 6.09 Å². The molecule has 2 amide bonds. The Morgan fingerprint density at radius 1 is 1.04 bits per heavy atom. The van der Waals surface area contributed by atoms with Gasteiger partial charge in [-0.05, 0) is 98.2 Å². The molecule has 7 N–H and O–H groups in total. The largest absolute Gasteiger partial charge is 0.490 e. The van der Waals surface area contributed by atoms with Crippen molar-refractivity contribution in [3.05, 3.63) is 77.1 Å². The highest BCUT2D eigenvalue weighted by Crippen LogP contribution is 2.50. The van der Waals surface area contributed by atoms with Crippen molar-refractivity contribution in [3.8, 4) is 16.9 Å². The van der Waals surface area contributed by atoms with E-state index in [4.69, 9.17) is 26.2 Å². The Morgan fingerprint density at radius 2 is 1.81 bits per heavy atom. The van der Waals surface area contributed by atoms with Crippen LogP contribution in [0.15, 0.2) is 65.8 Å². The Morgan fingerprint density at radius 3 is 2.54 bits per heavy atom. The zero-order valence-corrected chi connectivity index (χ0v) is 32.0. The molecular formula is C39H51ClN4O9S. The number of aliphatic hydroxyl groups is 5. The molecule has 15 heteroatoms. The lowest BCUT2D eigenvalue weighted by Gasteiger charge is -2.30. The second kappa shape index (κ2) is 19.9. The number of alkyl carbamates (subject to hydrolysis) is 1. The number of pyridine rings is 1. The number of para-hydroxylation sites is 1. The van der Waals surface area contributed by atoms with Crippen LogP contribution in [-0.4, -0.2) is 117 Å². The molecule has 294 valence electrons. The van der Waals surface area contributed by atoms with E-state index in [0.717, 1.165) is 64.3 Å². The minimum atomic E-state index is -2.06. The number of hydrogen-bond acceptors (Lipinski definition) is 12. The minimum Gasteiger partial charge on any atom is -0.490 e. The predicted octanol–water partition coefficient (Wildman–Crippen LogP) is 3.61. The van der Waals surface area contributed by atoms with Crippen LogP contribution in [0, 0.1) is 0 Å². The summed E-state index contributed by atoms with van der Waals surface area (Å²) < 4.78 is 11.1. The number of nitrogens with zero attached hydrogens (tertiary/aromatic N) is 2. The number of halogens is 1. The van der Waals surface area contributed by atoms with Gasteiger partial charge in [0.25, 0.3) is 5.91 Å². The van der Waals surface area contributed by atoms with Crippen molar-refractivity contribution in [1.29, 1.82) is 0 Å². The Hall–Kier alpha value is -3.47. The summed E-state index contributed by atoms with van der Waals surface area (Å²) in [6.07, 6.45) is 0.983. The summed E-state index contributed by atoms with van der Waals surface area (Å²) in [6.45, 7) is 1.75. The highest BCUT2D eigenvalue weighted by molar-refractivity contribution is 7.99. The molecule has 3 aromatic rings. The molecule has 2 fully saturated rings.